The third kappa shape index (κ3) is 5.03. The van der Waals surface area contributed by atoms with E-state index in [9.17, 15) is 31.1 Å². The minimum Gasteiger partial charge on any atom is -0.448 e. The lowest BCUT2D eigenvalue weighted by atomic mass is 9.76. The largest absolute Gasteiger partial charge is 0.448 e. The number of hydrogen-bond donors (Lipinski definition) is 0. The number of aliphatic imine (C=N–C) groups is 1. The van der Waals surface area contributed by atoms with Crippen molar-refractivity contribution >= 4 is 43.5 Å². The van der Waals surface area contributed by atoms with E-state index in [1.807, 2.05) is 0 Å². The Bertz CT molecular complexity index is 1030. The molecule has 11 heteroatoms. The molecule has 2 aromatic carbocycles. The Morgan fingerprint density at radius 2 is 1.59 bits per heavy atom. The van der Waals surface area contributed by atoms with Crippen molar-refractivity contribution in [3.05, 3.63) is 68.1 Å². The van der Waals surface area contributed by atoms with Crippen molar-refractivity contribution in [2.45, 2.75) is 37.2 Å². The summed E-state index contributed by atoms with van der Waals surface area (Å²) in [4.78, 5) is 15.1. The Kier molecular flexibility index (Phi) is 6.82. The molecule has 0 bridgehead atoms. The number of esters is 1. The van der Waals surface area contributed by atoms with Crippen LogP contribution in [-0.4, -0.2) is 30.6 Å². The number of nitrogens with zero attached hydrogens (tertiary/aromatic N) is 1. The SMILES string of the molecule is CC(=O)OC(c1ccc(C2=NCC(c3cc(Br)cc(Br)c3)(C(F)(F)F)C2)cc1)C(F)(F)F. The molecule has 0 fully saturated rings. The van der Waals surface area contributed by atoms with Crippen LogP contribution in [0.1, 0.15) is 36.1 Å². The smallest absolute Gasteiger partial charge is 0.429 e. The lowest BCUT2D eigenvalue weighted by Crippen LogP contribution is -2.43. The van der Waals surface area contributed by atoms with Gasteiger partial charge >= 0.3 is 18.3 Å². The zero-order valence-corrected chi connectivity index (χ0v) is 19.5. The minimum absolute atomic E-state index is 0.0219. The molecular formula is C21H15Br2F6NO2. The summed E-state index contributed by atoms with van der Waals surface area (Å²) in [5.74, 6) is -1.10. The standard InChI is InChI=1S/C21H15Br2F6NO2/c1-11(31)32-18(20(24,25)26)13-4-2-12(3-5-13)17-9-19(10-30-17,21(27,28)29)14-6-15(22)8-16(23)7-14/h2-8,18H,9-10H2,1H3. The van der Waals surface area contributed by atoms with Gasteiger partial charge in [-0.2, -0.15) is 26.3 Å². The molecule has 0 saturated heterocycles. The van der Waals surface area contributed by atoms with Crippen LogP contribution in [0.25, 0.3) is 0 Å². The summed E-state index contributed by atoms with van der Waals surface area (Å²) in [6.45, 7) is 0.312. The van der Waals surface area contributed by atoms with Crippen molar-refractivity contribution in [2.24, 2.45) is 4.99 Å². The van der Waals surface area contributed by atoms with Gasteiger partial charge in [0.2, 0.25) is 6.10 Å². The highest BCUT2D eigenvalue weighted by Gasteiger charge is 2.58. The van der Waals surface area contributed by atoms with Gasteiger partial charge < -0.3 is 4.74 Å². The number of carbonyl (C=O) groups excluding carboxylic acids is 1. The van der Waals surface area contributed by atoms with Crippen LogP contribution in [0.15, 0.2) is 56.4 Å². The van der Waals surface area contributed by atoms with Gasteiger partial charge in [-0.15, -0.1) is 0 Å². The normalized spacial score (nSPS) is 20.1. The van der Waals surface area contributed by atoms with E-state index in [1.165, 1.54) is 24.3 Å². The van der Waals surface area contributed by atoms with E-state index >= 15 is 0 Å². The maximum atomic E-state index is 14.2. The molecule has 32 heavy (non-hydrogen) atoms. The van der Waals surface area contributed by atoms with E-state index in [-0.39, 0.29) is 22.4 Å². The average Bonchev–Trinajstić information content (AvgIpc) is 3.11. The van der Waals surface area contributed by atoms with E-state index < -0.39 is 42.8 Å². The second-order valence-electron chi connectivity index (χ2n) is 7.33. The summed E-state index contributed by atoms with van der Waals surface area (Å²) < 4.78 is 87.6. The third-order valence-electron chi connectivity index (χ3n) is 5.09. The number of alkyl halides is 6. The monoisotopic (exact) mass is 585 g/mol. The van der Waals surface area contributed by atoms with Crippen LogP contribution >= 0.6 is 31.9 Å². The molecule has 0 saturated carbocycles. The summed E-state index contributed by atoms with van der Waals surface area (Å²) in [7, 11) is 0. The number of benzene rings is 2. The van der Waals surface area contributed by atoms with Crippen LogP contribution in [0.5, 0.6) is 0 Å². The van der Waals surface area contributed by atoms with Crippen LogP contribution in [0.4, 0.5) is 26.3 Å². The quantitative estimate of drug-likeness (QED) is 0.284. The van der Waals surface area contributed by atoms with Gasteiger partial charge in [-0.3, -0.25) is 9.79 Å². The first kappa shape index (κ1) is 24.8. The van der Waals surface area contributed by atoms with Gasteiger partial charge in [-0.05, 0) is 29.3 Å². The highest BCUT2D eigenvalue weighted by atomic mass is 79.9. The average molecular weight is 587 g/mol. The highest BCUT2D eigenvalue weighted by molar-refractivity contribution is 9.11. The molecule has 0 N–H and O–H groups in total. The molecule has 0 aliphatic carbocycles. The second kappa shape index (κ2) is 8.81. The molecule has 2 aromatic rings. The molecule has 3 nitrogen and oxygen atoms in total. The molecule has 0 amide bonds. The predicted molar refractivity (Wildman–Crippen MR) is 113 cm³/mol. The van der Waals surface area contributed by atoms with Gasteiger partial charge in [0.05, 0.1) is 6.54 Å². The zero-order valence-electron chi connectivity index (χ0n) is 16.3. The van der Waals surface area contributed by atoms with Gasteiger partial charge in [0.25, 0.3) is 0 Å². The topological polar surface area (TPSA) is 38.7 Å². The third-order valence-corrected chi connectivity index (χ3v) is 6.01. The van der Waals surface area contributed by atoms with Crippen molar-refractivity contribution in [2.75, 3.05) is 6.54 Å². The molecule has 172 valence electrons. The van der Waals surface area contributed by atoms with Gasteiger partial charge in [0.1, 0.15) is 5.41 Å². The number of carbonyl (C=O) groups is 1. The fraction of sp³-hybridized carbons (Fsp3) is 0.333. The van der Waals surface area contributed by atoms with E-state index in [4.69, 9.17) is 0 Å². The molecule has 2 unspecified atom stereocenters. The van der Waals surface area contributed by atoms with Gasteiger partial charge in [0.15, 0.2) is 0 Å². The summed E-state index contributed by atoms with van der Waals surface area (Å²) >= 11 is 6.41. The molecule has 3 rings (SSSR count). The fourth-order valence-corrected chi connectivity index (χ4v) is 4.83. The summed E-state index contributed by atoms with van der Waals surface area (Å²) in [5, 5.41) is 0. The molecular weight excluding hydrogens is 572 g/mol. The fourth-order valence-electron chi connectivity index (χ4n) is 3.54. The van der Waals surface area contributed by atoms with Crippen LogP contribution in [0.3, 0.4) is 0 Å². The Balaban J connectivity index is 1.92. The van der Waals surface area contributed by atoms with Crippen LogP contribution in [0, 0.1) is 0 Å². The van der Waals surface area contributed by atoms with Crippen molar-refractivity contribution < 1.29 is 35.9 Å². The first-order valence-corrected chi connectivity index (χ1v) is 10.7. The maximum absolute atomic E-state index is 14.2. The first-order valence-electron chi connectivity index (χ1n) is 9.14. The summed E-state index contributed by atoms with van der Waals surface area (Å²) in [6.07, 6.45) is -12.4. The maximum Gasteiger partial charge on any atom is 0.429 e. The molecule has 0 spiro atoms. The van der Waals surface area contributed by atoms with Crippen LogP contribution in [-0.2, 0) is 14.9 Å². The molecule has 1 aliphatic heterocycles. The Labute approximate surface area is 196 Å². The number of hydrogen-bond acceptors (Lipinski definition) is 3. The minimum atomic E-state index is -4.84. The van der Waals surface area contributed by atoms with Crippen molar-refractivity contribution in [3.8, 4) is 0 Å². The van der Waals surface area contributed by atoms with Crippen molar-refractivity contribution in [3.63, 3.8) is 0 Å². The van der Waals surface area contributed by atoms with E-state index in [1.54, 1.807) is 6.07 Å². The first-order chi connectivity index (χ1) is 14.7. The van der Waals surface area contributed by atoms with Gasteiger partial charge in [-0.25, -0.2) is 0 Å². The van der Waals surface area contributed by atoms with Gasteiger partial charge in [0, 0.05) is 33.6 Å². The number of rotatable bonds is 4. The Morgan fingerprint density at radius 3 is 2.06 bits per heavy atom. The predicted octanol–water partition coefficient (Wildman–Crippen LogP) is 7.07. The van der Waals surface area contributed by atoms with E-state index in [0.29, 0.717) is 8.95 Å². The number of ether oxygens (including phenoxy) is 1. The summed E-state index contributed by atoms with van der Waals surface area (Å²) in [5.41, 5.74) is -2.19. The number of halogens is 8. The van der Waals surface area contributed by atoms with Crippen LogP contribution in [0.2, 0.25) is 0 Å². The summed E-state index contributed by atoms with van der Waals surface area (Å²) in [6, 6.07) is 9.02. The lowest BCUT2D eigenvalue weighted by Gasteiger charge is -2.32. The van der Waals surface area contributed by atoms with Gasteiger partial charge in [-0.1, -0.05) is 56.1 Å². The lowest BCUT2D eigenvalue weighted by molar-refractivity contribution is -0.222. The molecule has 2 atom stereocenters. The Hall–Kier alpha value is -1.88. The van der Waals surface area contributed by atoms with E-state index in [0.717, 1.165) is 19.1 Å². The second-order valence-corrected chi connectivity index (χ2v) is 9.16. The zero-order chi connectivity index (χ0) is 23.9. The molecule has 0 radical (unpaired) electrons. The van der Waals surface area contributed by atoms with E-state index in [2.05, 4.69) is 41.6 Å². The molecule has 1 heterocycles. The highest BCUT2D eigenvalue weighted by Crippen LogP contribution is 2.49. The molecule has 0 aromatic heterocycles. The van der Waals surface area contributed by atoms with Crippen LogP contribution < -0.4 is 0 Å². The van der Waals surface area contributed by atoms with Crippen molar-refractivity contribution in [1.82, 2.24) is 0 Å². The van der Waals surface area contributed by atoms with Crippen molar-refractivity contribution in [1.29, 1.82) is 0 Å². The molecule has 1 aliphatic rings. The Morgan fingerprint density at radius 1 is 1.03 bits per heavy atom.